The highest BCUT2D eigenvalue weighted by molar-refractivity contribution is 7.10. The lowest BCUT2D eigenvalue weighted by Crippen LogP contribution is -2.28. The van der Waals surface area contributed by atoms with Crippen LogP contribution in [0.3, 0.4) is 0 Å². The van der Waals surface area contributed by atoms with Gasteiger partial charge in [-0.25, -0.2) is 0 Å². The summed E-state index contributed by atoms with van der Waals surface area (Å²) >= 11 is 1.41. The standard InChI is InChI=1S/C22H17NO6S/c24-20(13-5-6-15-16(11-13)29-9-8-28-15)18-19(17-4-2-10-30-17)23(22(26)21(18)25)12-14-3-1-7-27-14/h1-7,10-11,19,24H,8-9,12H2/b20-18+. The Morgan fingerprint density at radius 1 is 1.10 bits per heavy atom. The van der Waals surface area contributed by atoms with E-state index < -0.39 is 17.7 Å². The summed E-state index contributed by atoms with van der Waals surface area (Å²) in [5, 5.41) is 13.0. The van der Waals surface area contributed by atoms with Gasteiger partial charge in [-0.3, -0.25) is 9.59 Å². The number of likely N-dealkylation sites (tertiary alicyclic amines) is 1. The number of Topliss-reactive ketones (excluding diaryl/α,β-unsaturated/α-hetero) is 1. The van der Waals surface area contributed by atoms with Gasteiger partial charge < -0.3 is 23.9 Å². The third-order valence-corrected chi connectivity index (χ3v) is 6.00. The molecule has 3 aromatic rings. The molecule has 0 aliphatic carbocycles. The molecule has 2 aliphatic rings. The predicted molar refractivity (Wildman–Crippen MR) is 108 cm³/mol. The summed E-state index contributed by atoms with van der Waals surface area (Å²) in [6.45, 7) is 0.979. The monoisotopic (exact) mass is 423 g/mol. The molecule has 2 aliphatic heterocycles. The summed E-state index contributed by atoms with van der Waals surface area (Å²) in [7, 11) is 0. The number of hydrogen-bond donors (Lipinski definition) is 1. The van der Waals surface area contributed by atoms with E-state index in [4.69, 9.17) is 13.9 Å². The Balaban J connectivity index is 1.61. The van der Waals surface area contributed by atoms with Gasteiger partial charge in [-0.1, -0.05) is 6.07 Å². The Kier molecular flexibility index (Phi) is 4.55. The lowest BCUT2D eigenvalue weighted by atomic mass is 9.99. The molecular formula is C22H17NO6S. The Hall–Kier alpha value is -3.52. The number of thiophene rings is 1. The number of amides is 1. The summed E-state index contributed by atoms with van der Waals surface area (Å²) in [6.07, 6.45) is 1.52. The molecule has 0 bridgehead atoms. The smallest absolute Gasteiger partial charge is 0.296 e. The molecule has 7 nitrogen and oxygen atoms in total. The molecule has 30 heavy (non-hydrogen) atoms. The van der Waals surface area contributed by atoms with Crippen molar-refractivity contribution in [2.75, 3.05) is 13.2 Å². The summed E-state index contributed by atoms with van der Waals surface area (Å²) < 4.78 is 16.5. The van der Waals surface area contributed by atoms with Crippen LogP contribution in [0.25, 0.3) is 5.76 Å². The fourth-order valence-corrected chi connectivity index (χ4v) is 4.55. The highest BCUT2D eigenvalue weighted by atomic mass is 32.1. The quantitative estimate of drug-likeness (QED) is 0.391. The lowest BCUT2D eigenvalue weighted by Gasteiger charge is -2.23. The molecular weight excluding hydrogens is 406 g/mol. The molecule has 152 valence electrons. The van der Waals surface area contributed by atoms with E-state index in [0.29, 0.717) is 36.0 Å². The minimum Gasteiger partial charge on any atom is -0.507 e. The van der Waals surface area contributed by atoms with E-state index in [1.807, 2.05) is 17.5 Å². The maximum Gasteiger partial charge on any atom is 0.296 e. The number of ketones is 1. The van der Waals surface area contributed by atoms with Crippen molar-refractivity contribution in [3.05, 3.63) is 75.9 Å². The second kappa shape index (κ2) is 7.38. The van der Waals surface area contributed by atoms with Crippen molar-refractivity contribution in [3.8, 4) is 11.5 Å². The largest absolute Gasteiger partial charge is 0.507 e. The van der Waals surface area contributed by atoms with Crippen molar-refractivity contribution >= 4 is 28.8 Å². The van der Waals surface area contributed by atoms with Crippen LogP contribution in [-0.4, -0.2) is 34.9 Å². The molecule has 1 N–H and O–H groups in total. The first-order valence-electron chi connectivity index (χ1n) is 9.37. The van der Waals surface area contributed by atoms with Gasteiger partial charge in [0.2, 0.25) is 0 Å². The predicted octanol–water partition coefficient (Wildman–Crippen LogP) is 3.73. The van der Waals surface area contributed by atoms with Gasteiger partial charge >= 0.3 is 0 Å². The van der Waals surface area contributed by atoms with E-state index >= 15 is 0 Å². The van der Waals surface area contributed by atoms with Gasteiger partial charge in [-0.15, -0.1) is 11.3 Å². The number of hydrogen-bond acceptors (Lipinski definition) is 7. The van der Waals surface area contributed by atoms with Gasteiger partial charge in [-0.2, -0.15) is 0 Å². The molecule has 8 heteroatoms. The minimum atomic E-state index is -0.729. The molecule has 1 atom stereocenters. The van der Waals surface area contributed by atoms with Crippen LogP contribution < -0.4 is 9.47 Å². The maximum absolute atomic E-state index is 13.0. The van der Waals surface area contributed by atoms with E-state index in [1.54, 1.807) is 30.3 Å². The molecule has 5 rings (SSSR count). The van der Waals surface area contributed by atoms with E-state index in [0.717, 1.165) is 4.88 Å². The first-order valence-corrected chi connectivity index (χ1v) is 10.3. The highest BCUT2D eigenvalue weighted by Crippen LogP contribution is 2.43. The number of carbonyl (C=O) groups excluding carboxylic acids is 2. The van der Waals surface area contributed by atoms with Crippen LogP contribution in [0.2, 0.25) is 0 Å². The molecule has 0 saturated carbocycles. The summed E-state index contributed by atoms with van der Waals surface area (Å²) in [4.78, 5) is 28.0. The molecule has 0 radical (unpaired) electrons. The van der Waals surface area contributed by atoms with Crippen molar-refractivity contribution in [2.24, 2.45) is 0 Å². The number of benzene rings is 1. The number of rotatable bonds is 4. The summed E-state index contributed by atoms with van der Waals surface area (Å²) in [5.41, 5.74) is 0.433. The molecule has 1 fully saturated rings. The normalized spacial score (nSPS) is 20.0. The second-order valence-electron chi connectivity index (χ2n) is 6.88. The number of aliphatic hydroxyl groups excluding tert-OH is 1. The van der Waals surface area contributed by atoms with Crippen LogP contribution in [0.4, 0.5) is 0 Å². The van der Waals surface area contributed by atoms with Crippen molar-refractivity contribution in [3.63, 3.8) is 0 Å². The number of fused-ring (bicyclic) bond motifs is 1. The topological polar surface area (TPSA) is 89.2 Å². The molecule has 2 aromatic heterocycles. The Bertz CT molecular complexity index is 1130. The van der Waals surface area contributed by atoms with E-state index in [2.05, 4.69) is 0 Å². The number of nitrogens with zero attached hydrogens (tertiary/aromatic N) is 1. The van der Waals surface area contributed by atoms with Crippen LogP contribution >= 0.6 is 11.3 Å². The van der Waals surface area contributed by atoms with Crippen molar-refractivity contribution in [2.45, 2.75) is 12.6 Å². The van der Waals surface area contributed by atoms with E-state index in [9.17, 15) is 14.7 Å². The average Bonchev–Trinajstić information content (AvgIpc) is 3.52. The van der Waals surface area contributed by atoms with Gasteiger partial charge in [0.15, 0.2) is 11.5 Å². The fourth-order valence-electron chi connectivity index (χ4n) is 3.70. The Morgan fingerprint density at radius 2 is 1.93 bits per heavy atom. The highest BCUT2D eigenvalue weighted by Gasteiger charge is 2.46. The molecule has 4 heterocycles. The summed E-state index contributed by atoms with van der Waals surface area (Å²) in [5.74, 6) is -0.0339. The molecule has 1 unspecified atom stereocenters. The first-order chi connectivity index (χ1) is 14.6. The van der Waals surface area contributed by atoms with Gasteiger partial charge in [0.25, 0.3) is 11.7 Å². The number of aliphatic hydroxyl groups is 1. The van der Waals surface area contributed by atoms with Gasteiger partial charge in [0, 0.05) is 10.4 Å². The van der Waals surface area contributed by atoms with Crippen molar-refractivity contribution in [1.82, 2.24) is 4.90 Å². The zero-order valence-corrected chi connectivity index (χ0v) is 16.6. The Morgan fingerprint density at radius 3 is 2.67 bits per heavy atom. The zero-order valence-electron chi connectivity index (χ0n) is 15.7. The molecule has 1 amide bonds. The lowest BCUT2D eigenvalue weighted by molar-refractivity contribution is -0.140. The van der Waals surface area contributed by atoms with E-state index in [-0.39, 0.29) is 17.9 Å². The van der Waals surface area contributed by atoms with Crippen LogP contribution in [0, 0.1) is 0 Å². The third kappa shape index (κ3) is 3.05. The third-order valence-electron chi connectivity index (χ3n) is 5.07. The number of furan rings is 1. The summed E-state index contributed by atoms with van der Waals surface area (Å²) in [6, 6.07) is 11.4. The van der Waals surface area contributed by atoms with Gasteiger partial charge in [0.1, 0.15) is 30.8 Å². The number of ether oxygens (including phenoxy) is 2. The van der Waals surface area contributed by atoms with Crippen LogP contribution in [0.1, 0.15) is 22.2 Å². The fraction of sp³-hybridized carbons (Fsp3) is 0.182. The SMILES string of the molecule is O=C1C(=O)N(Cc2ccco2)C(c2cccs2)/C1=C(\O)c1ccc2c(c1)OCCO2. The average molecular weight is 423 g/mol. The molecule has 1 saturated heterocycles. The van der Waals surface area contributed by atoms with Crippen molar-refractivity contribution < 1.29 is 28.6 Å². The zero-order chi connectivity index (χ0) is 20.7. The van der Waals surface area contributed by atoms with E-state index in [1.165, 1.54) is 22.5 Å². The Labute approximate surface area is 175 Å². The minimum absolute atomic E-state index is 0.0469. The van der Waals surface area contributed by atoms with Crippen LogP contribution in [-0.2, 0) is 16.1 Å². The molecule has 0 spiro atoms. The van der Waals surface area contributed by atoms with Crippen LogP contribution in [0.15, 0.2) is 64.1 Å². The first kappa shape index (κ1) is 18.5. The van der Waals surface area contributed by atoms with Crippen LogP contribution in [0.5, 0.6) is 11.5 Å². The molecule has 1 aromatic carbocycles. The number of carbonyl (C=O) groups is 2. The maximum atomic E-state index is 13.0. The van der Waals surface area contributed by atoms with Gasteiger partial charge in [0.05, 0.1) is 18.4 Å². The van der Waals surface area contributed by atoms with Crippen molar-refractivity contribution in [1.29, 1.82) is 0 Å². The van der Waals surface area contributed by atoms with Gasteiger partial charge in [-0.05, 0) is 41.8 Å². The second-order valence-corrected chi connectivity index (χ2v) is 7.86.